The van der Waals surface area contributed by atoms with E-state index in [4.69, 9.17) is 16.6 Å². The molecule has 0 radical (unpaired) electrons. The van der Waals surface area contributed by atoms with Gasteiger partial charge in [0.05, 0.1) is 16.8 Å². The van der Waals surface area contributed by atoms with Crippen molar-refractivity contribution in [2.45, 2.75) is 6.54 Å². The first-order chi connectivity index (χ1) is 9.35. The maximum absolute atomic E-state index is 5.78. The molecule has 1 aromatic carbocycles. The number of para-hydroxylation sites is 1. The number of thiazole rings is 1. The highest BCUT2D eigenvalue weighted by molar-refractivity contribution is 7.18. The fourth-order valence-corrected chi connectivity index (χ4v) is 3.72. The number of nitrogens with zero attached hydrogens (tertiary/aromatic N) is 3. The minimum Gasteiger partial charge on any atom is -0.300 e. The first-order valence-corrected chi connectivity index (χ1v) is 8.05. The van der Waals surface area contributed by atoms with Crippen molar-refractivity contribution in [1.82, 2.24) is 14.8 Å². The van der Waals surface area contributed by atoms with E-state index in [-0.39, 0.29) is 0 Å². The average Bonchev–Trinajstić information content (AvgIpc) is 2.83. The van der Waals surface area contributed by atoms with Crippen molar-refractivity contribution in [2.24, 2.45) is 0 Å². The molecule has 1 saturated heterocycles. The largest absolute Gasteiger partial charge is 0.300 e. The lowest BCUT2D eigenvalue weighted by Gasteiger charge is -2.33. The summed E-state index contributed by atoms with van der Waals surface area (Å²) in [6.07, 6.45) is 0. The normalized spacial score (nSPS) is 18.2. The summed E-state index contributed by atoms with van der Waals surface area (Å²) in [4.78, 5) is 9.63. The Morgan fingerprint density at radius 1 is 1.11 bits per heavy atom. The van der Waals surface area contributed by atoms with Crippen LogP contribution in [0.4, 0.5) is 0 Å². The monoisotopic (exact) mass is 295 g/mol. The number of rotatable bonds is 4. The number of alkyl halides is 1. The standard InChI is InChI=1S/C14H18ClN3S/c15-5-6-17-7-9-18(10-8-17)11-14-16-12-3-1-2-4-13(12)19-14/h1-4H,5-11H2. The molecule has 1 aliphatic rings. The summed E-state index contributed by atoms with van der Waals surface area (Å²) in [5, 5.41) is 1.23. The number of piperazine rings is 1. The first kappa shape index (κ1) is 13.3. The van der Waals surface area contributed by atoms with E-state index in [1.165, 1.54) is 9.71 Å². The second kappa shape index (κ2) is 6.18. The van der Waals surface area contributed by atoms with Crippen molar-refractivity contribution in [1.29, 1.82) is 0 Å². The lowest BCUT2D eigenvalue weighted by Crippen LogP contribution is -2.46. The third-order valence-corrected chi connectivity index (χ3v) is 4.75. The highest BCUT2D eigenvalue weighted by atomic mass is 35.5. The number of halogens is 1. The van der Waals surface area contributed by atoms with Crippen molar-refractivity contribution in [3.05, 3.63) is 29.3 Å². The molecule has 0 N–H and O–H groups in total. The molecule has 19 heavy (non-hydrogen) atoms. The lowest BCUT2D eigenvalue weighted by atomic mass is 10.3. The van der Waals surface area contributed by atoms with Gasteiger partial charge in [0.25, 0.3) is 0 Å². The van der Waals surface area contributed by atoms with Crippen molar-refractivity contribution >= 4 is 33.2 Å². The molecule has 2 heterocycles. The van der Waals surface area contributed by atoms with Crippen LogP contribution in [0.15, 0.2) is 24.3 Å². The first-order valence-electron chi connectivity index (χ1n) is 6.70. The summed E-state index contributed by atoms with van der Waals surface area (Å²) in [6.45, 7) is 6.47. The van der Waals surface area contributed by atoms with Gasteiger partial charge in [-0.15, -0.1) is 22.9 Å². The van der Waals surface area contributed by atoms with Gasteiger partial charge in [0, 0.05) is 38.6 Å². The minimum absolute atomic E-state index is 0.734. The molecule has 3 nitrogen and oxygen atoms in total. The predicted molar refractivity (Wildman–Crippen MR) is 82.1 cm³/mol. The van der Waals surface area contributed by atoms with Gasteiger partial charge in [-0.1, -0.05) is 12.1 Å². The number of aromatic nitrogens is 1. The second-order valence-corrected chi connectivity index (χ2v) is 6.38. The smallest absolute Gasteiger partial charge is 0.108 e. The Labute approximate surface area is 122 Å². The zero-order valence-electron chi connectivity index (χ0n) is 10.9. The molecule has 0 bridgehead atoms. The molecule has 0 saturated carbocycles. The van der Waals surface area contributed by atoms with Gasteiger partial charge in [-0.05, 0) is 12.1 Å². The predicted octanol–water partition coefficient (Wildman–Crippen LogP) is 2.65. The Morgan fingerprint density at radius 2 is 1.84 bits per heavy atom. The molecule has 5 heteroatoms. The van der Waals surface area contributed by atoms with Gasteiger partial charge < -0.3 is 0 Å². The molecule has 0 unspecified atom stereocenters. The molecule has 2 aromatic rings. The molecule has 1 aromatic heterocycles. The fraction of sp³-hybridized carbons (Fsp3) is 0.500. The summed E-state index contributed by atoms with van der Waals surface area (Å²) in [5.74, 6) is 0.734. The van der Waals surface area contributed by atoms with Gasteiger partial charge in [-0.2, -0.15) is 0 Å². The molecule has 0 aliphatic carbocycles. The number of hydrogen-bond donors (Lipinski definition) is 0. The Hall–Kier alpha value is -0.680. The number of hydrogen-bond acceptors (Lipinski definition) is 4. The summed E-state index contributed by atoms with van der Waals surface area (Å²) in [7, 11) is 0. The number of fused-ring (bicyclic) bond motifs is 1. The van der Waals surface area contributed by atoms with Crippen LogP contribution in [0.3, 0.4) is 0 Å². The van der Waals surface area contributed by atoms with Crippen LogP contribution < -0.4 is 0 Å². The van der Waals surface area contributed by atoms with E-state index in [0.717, 1.165) is 50.7 Å². The molecule has 102 valence electrons. The van der Waals surface area contributed by atoms with Crippen LogP contribution in [-0.4, -0.2) is 53.4 Å². The van der Waals surface area contributed by atoms with Crippen molar-refractivity contribution in [3.63, 3.8) is 0 Å². The summed E-state index contributed by atoms with van der Waals surface area (Å²) < 4.78 is 1.29. The Balaban J connectivity index is 1.60. The third-order valence-electron chi connectivity index (χ3n) is 3.56. The highest BCUT2D eigenvalue weighted by Gasteiger charge is 2.17. The maximum Gasteiger partial charge on any atom is 0.108 e. The third kappa shape index (κ3) is 3.26. The molecule has 0 atom stereocenters. The number of benzene rings is 1. The van der Waals surface area contributed by atoms with Crippen molar-refractivity contribution < 1.29 is 0 Å². The van der Waals surface area contributed by atoms with Crippen LogP contribution in [0.5, 0.6) is 0 Å². The summed E-state index contributed by atoms with van der Waals surface area (Å²) >= 11 is 7.60. The van der Waals surface area contributed by atoms with E-state index in [1.54, 1.807) is 0 Å². The zero-order chi connectivity index (χ0) is 13.1. The maximum atomic E-state index is 5.78. The van der Waals surface area contributed by atoms with Crippen LogP contribution in [0.1, 0.15) is 5.01 Å². The summed E-state index contributed by atoms with van der Waals surface area (Å²) in [5.41, 5.74) is 1.13. The topological polar surface area (TPSA) is 19.4 Å². The van der Waals surface area contributed by atoms with Crippen molar-refractivity contribution in [3.8, 4) is 0 Å². The lowest BCUT2D eigenvalue weighted by molar-refractivity contribution is 0.132. The minimum atomic E-state index is 0.734. The van der Waals surface area contributed by atoms with Crippen LogP contribution in [0.2, 0.25) is 0 Å². The molecule has 1 aliphatic heterocycles. The van der Waals surface area contributed by atoms with Crippen LogP contribution in [-0.2, 0) is 6.54 Å². The molecular formula is C14H18ClN3S. The fourth-order valence-electron chi connectivity index (χ4n) is 2.47. The van der Waals surface area contributed by atoms with Crippen LogP contribution in [0, 0.1) is 0 Å². The zero-order valence-corrected chi connectivity index (χ0v) is 12.5. The Bertz CT molecular complexity index is 501. The van der Waals surface area contributed by atoms with E-state index < -0.39 is 0 Å². The molecule has 0 spiro atoms. The van der Waals surface area contributed by atoms with Gasteiger partial charge in [0.1, 0.15) is 5.01 Å². The van der Waals surface area contributed by atoms with E-state index in [2.05, 4.69) is 34.1 Å². The Kier molecular flexibility index (Phi) is 4.33. The van der Waals surface area contributed by atoms with E-state index in [9.17, 15) is 0 Å². The average molecular weight is 296 g/mol. The molecule has 1 fully saturated rings. The van der Waals surface area contributed by atoms with Gasteiger partial charge in [-0.25, -0.2) is 4.98 Å². The molecule has 3 rings (SSSR count). The van der Waals surface area contributed by atoms with E-state index >= 15 is 0 Å². The van der Waals surface area contributed by atoms with Crippen LogP contribution >= 0.6 is 22.9 Å². The Morgan fingerprint density at radius 3 is 2.58 bits per heavy atom. The van der Waals surface area contributed by atoms with Gasteiger partial charge in [-0.3, -0.25) is 9.80 Å². The van der Waals surface area contributed by atoms with Gasteiger partial charge in [0.2, 0.25) is 0 Å². The highest BCUT2D eigenvalue weighted by Crippen LogP contribution is 2.22. The van der Waals surface area contributed by atoms with Crippen molar-refractivity contribution in [2.75, 3.05) is 38.6 Å². The van der Waals surface area contributed by atoms with Gasteiger partial charge >= 0.3 is 0 Å². The van der Waals surface area contributed by atoms with E-state index in [1.807, 2.05) is 11.3 Å². The second-order valence-electron chi connectivity index (χ2n) is 4.88. The summed E-state index contributed by atoms with van der Waals surface area (Å²) in [6, 6.07) is 8.37. The SMILES string of the molecule is ClCCN1CCN(Cc2nc3ccccc3s2)CC1. The van der Waals surface area contributed by atoms with E-state index in [0.29, 0.717) is 0 Å². The molecular weight excluding hydrogens is 278 g/mol. The quantitative estimate of drug-likeness (QED) is 0.809. The van der Waals surface area contributed by atoms with Gasteiger partial charge in [0.15, 0.2) is 0 Å². The molecule has 0 amide bonds. The van der Waals surface area contributed by atoms with Crippen LogP contribution in [0.25, 0.3) is 10.2 Å².